The summed E-state index contributed by atoms with van der Waals surface area (Å²) < 4.78 is 33.1. The van der Waals surface area contributed by atoms with E-state index >= 15 is 0 Å². The van der Waals surface area contributed by atoms with E-state index in [-0.39, 0.29) is 46.4 Å². The zero-order chi connectivity index (χ0) is 40.8. The van der Waals surface area contributed by atoms with Gasteiger partial charge in [-0.1, -0.05) is 6.07 Å². The molecule has 0 bridgehead atoms. The number of para-hydroxylation sites is 1. The fraction of sp³-hybridized carbons (Fsp3) is 0.500. The van der Waals surface area contributed by atoms with Crippen LogP contribution in [0.15, 0.2) is 41.4 Å². The highest BCUT2D eigenvalue weighted by Crippen LogP contribution is 2.36. The molecule has 0 saturated carbocycles. The minimum atomic E-state index is -1.43. The van der Waals surface area contributed by atoms with Crippen molar-refractivity contribution < 1.29 is 57.2 Å². The number of benzene rings is 2. The van der Waals surface area contributed by atoms with Crippen LogP contribution >= 0.6 is 0 Å². The lowest BCUT2D eigenvalue weighted by Gasteiger charge is -2.26. The van der Waals surface area contributed by atoms with E-state index in [0.717, 1.165) is 0 Å². The van der Waals surface area contributed by atoms with Crippen molar-refractivity contribution in [3.63, 3.8) is 0 Å². The molecule has 0 fully saturated rings. The van der Waals surface area contributed by atoms with Crippen molar-refractivity contribution in [2.24, 2.45) is 4.99 Å². The van der Waals surface area contributed by atoms with E-state index in [2.05, 4.69) is 20.9 Å². The van der Waals surface area contributed by atoms with Crippen LogP contribution in [0.25, 0.3) is 0 Å². The number of esters is 3. The lowest BCUT2D eigenvalue weighted by molar-refractivity contribution is -0.164. The second-order valence-corrected chi connectivity index (χ2v) is 16.2. The highest BCUT2D eigenvalue weighted by atomic mass is 16.6. The summed E-state index contributed by atoms with van der Waals surface area (Å²) in [4.78, 5) is 82.4. The second kappa shape index (κ2) is 16.6. The third-order valence-corrected chi connectivity index (χ3v) is 6.37. The predicted octanol–water partition coefficient (Wildman–Crippen LogP) is 6.01. The summed E-state index contributed by atoms with van der Waals surface area (Å²) in [7, 11) is 0. The normalized spacial score (nSPS) is 13.4. The van der Waals surface area contributed by atoms with Gasteiger partial charge in [-0.3, -0.25) is 20.2 Å². The minimum absolute atomic E-state index is 0.0771. The molecule has 0 radical (unpaired) electrons. The molecule has 3 N–H and O–H groups in total. The molecule has 0 spiro atoms. The van der Waals surface area contributed by atoms with Crippen LogP contribution in [0, 0.1) is 0 Å². The lowest BCUT2D eigenvalue weighted by atomic mass is 10.1. The molecule has 2 aromatic rings. The third-order valence-electron chi connectivity index (χ3n) is 6.37. The summed E-state index contributed by atoms with van der Waals surface area (Å²) in [5, 5.41) is 7.31. The van der Waals surface area contributed by atoms with Crippen LogP contribution in [0.2, 0.25) is 0 Å². The quantitative estimate of drug-likeness (QED) is 0.102. The molecule has 1 aliphatic rings. The molecule has 16 nitrogen and oxygen atoms in total. The van der Waals surface area contributed by atoms with Crippen LogP contribution in [0.5, 0.6) is 11.5 Å². The molecule has 3 rings (SSSR count). The van der Waals surface area contributed by atoms with Crippen LogP contribution in [0.3, 0.4) is 0 Å². The smallest absolute Gasteiger partial charge is 0.414 e. The van der Waals surface area contributed by atoms with Crippen LogP contribution in [-0.2, 0) is 35.1 Å². The van der Waals surface area contributed by atoms with Gasteiger partial charge in [0.05, 0.1) is 23.2 Å². The Labute approximate surface area is 314 Å². The Bertz CT molecular complexity index is 1780. The Morgan fingerprint density at radius 3 is 1.85 bits per heavy atom. The van der Waals surface area contributed by atoms with Crippen molar-refractivity contribution in [2.75, 3.05) is 0 Å². The van der Waals surface area contributed by atoms with E-state index in [0.29, 0.717) is 0 Å². The predicted molar refractivity (Wildman–Crippen MR) is 196 cm³/mol. The molecule has 2 aromatic carbocycles. The number of fused-ring (bicyclic) bond motifs is 2. The number of hydrogen-bond acceptors (Lipinski definition) is 13. The van der Waals surface area contributed by atoms with Gasteiger partial charge in [-0.2, -0.15) is 0 Å². The van der Waals surface area contributed by atoms with Gasteiger partial charge in [-0.25, -0.2) is 24.2 Å². The summed E-state index contributed by atoms with van der Waals surface area (Å²) >= 11 is 0. The average molecular weight is 755 g/mol. The monoisotopic (exact) mass is 754 g/mol. The number of carbonyl (C=O) groups excluding carboxylic acids is 6. The van der Waals surface area contributed by atoms with Crippen molar-refractivity contribution in [1.29, 1.82) is 0 Å². The van der Waals surface area contributed by atoms with E-state index < -0.39 is 70.9 Å². The summed E-state index contributed by atoms with van der Waals surface area (Å²) in [6, 6.07) is 7.16. The fourth-order valence-corrected chi connectivity index (χ4v) is 4.57. The van der Waals surface area contributed by atoms with Gasteiger partial charge in [0, 0.05) is 5.56 Å². The lowest BCUT2D eigenvalue weighted by Crippen LogP contribution is -2.47. The molecule has 1 aliphatic heterocycles. The maximum absolute atomic E-state index is 13.7. The molecule has 54 heavy (non-hydrogen) atoms. The van der Waals surface area contributed by atoms with Crippen LogP contribution in [0.4, 0.5) is 15.3 Å². The van der Waals surface area contributed by atoms with E-state index in [1.165, 1.54) is 36.4 Å². The van der Waals surface area contributed by atoms with Crippen molar-refractivity contribution in [3.05, 3.63) is 53.1 Å². The maximum Gasteiger partial charge on any atom is 0.414 e. The number of amides is 3. The molecule has 1 atom stereocenters. The molecule has 0 aliphatic carbocycles. The Morgan fingerprint density at radius 1 is 0.759 bits per heavy atom. The first-order chi connectivity index (χ1) is 24.7. The molecule has 1 heterocycles. The largest absolute Gasteiger partial charge is 0.484 e. The topological polar surface area (TPSA) is 206 Å². The number of hydrogen-bond donors (Lipinski definition) is 3. The van der Waals surface area contributed by atoms with E-state index in [4.69, 9.17) is 28.4 Å². The molecule has 16 heteroatoms. The number of rotatable bonds is 6. The molecule has 3 amide bonds. The number of nitrogens with zero attached hydrogens (tertiary/aromatic N) is 1. The zero-order valence-electron chi connectivity index (χ0n) is 32.8. The number of carbonyl (C=O) groups is 6. The standard InChI is InChI=1S/C38H50N4O12/c1-35(2,3)51-27(43)19-25(31(46)52-36(4,5)6)40-29(44)24-14-13-15-26-28(24)49-20-21-18-22(16-17-23(21)30(45)50-26)39-32(41-33(47)53-37(7,8)9)42-34(48)54-38(10,11)12/h13-18,25H,19-20H2,1-12H3,(H,40,44)(H2,39,41,42,47,48). The molecular weight excluding hydrogens is 704 g/mol. The van der Waals surface area contributed by atoms with Gasteiger partial charge in [-0.05, 0) is 113 Å². The van der Waals surface area contributed by atoms with E-state index in [1.54, 1.807) is 83.1 Å². The highest BCUT2D eigenvalue weighted by Gasteiger charge is 2.33. The Kier molecular flexibility index (Phi) is 13.1. The zero-order valence-corrected chi connectivity index (χ0v) is 32.8. The summed E-state index contributed by atoms with van der Waals surface area (Å²) in [5.74, 6) is -3.74. The number of ether oxygens (including phenoxy) is 6. The van der Waals surface area contributed by atoms with Gasteiger partial charge in [0.1, 0.15) is 35.1 Å². The summed E-state index contributed by atoms with van der Waals surface area (Å²) in [5.41, 5.74) is -3.06. The molecular formula is C38H50N4O12. The first kappa shape index (κ1) is 42.7. The molecule has 0 saturated heterocycles. The first-order valence-electron chi connectivity index (χ1n) is 17.1. The number of nitrogens with one attached hydrogen (secondary N) is 3. The van der Waals surface area contributed by atoms with Crippen molar-refractivity contribution in [3.8, 4) is 11.5 Å². The van der Waals surface area contributed by atoms with Crippen LogP contribution < -0.4 is 25.4 Å². The Hall–Kier alpha value is -5.67. The SMILES string of the molecule is CC(C)(C)OC(=O)CC(NC(=O)c1cccc2c1OCc1cc(N=C(NC(=O)OC(C)(C)C)NC(=O)OC(C)(C)C)ccc1C(=O)O2)C(=O)OC(C)(C)C. The Balaban J connectivity index is 1.95. The number of aliphatic imine (C=N–C) groups is 1. The summed E-state index contributed by atoms with van der Waals surface area (Å²) in [6.07, 6.45) is -2.33. The van der Waals surface area contributed by atoms with Gasteiger partial charge in [0.25, 0.3) is 5.91 Å². The van der Waals surface area contributed by atoms with Gasteiger partial charge in [0.15, 0.2) is 11.5 Å². The fourth-order valence-electron chi connectivity index (χ4n) is 4.57. The first-order valence-corrected chi connectivity index (χ1v) is 17.1. The molecule has 0 aromatic heterocycles. The molecule has 1 unspecified atom stereocenters. The number of guanidine groups is 1. The minimum Gasteiger partial charge on any atom is -0.484 e. The van der Waals surface area contributed by atoms with Gasteiger partial charge < -0.3 is 33.7 Å². The Morgan fingerprint density at radius 2 is 1.31 bits per heavy atom. The number of alkyl carbamates (subject to hydrolysis) is 2. The van der Waals surface area contributed by atoms with Gasteiger partial charge >= 0.3 is 30.1 Å². The highest BCUT2D eigenvalue weighted by molar-refractivity contribution is 6.03. The summed E-state index contributed by atoms with van der Waals surface area (Å²) in [6.45, 7) is 19.6. The maximum atomic E-state index is 13.7. The molecule has 294 valence electrons. The van der Waals surface area contributed by atoms with Gasteiger partial charge in [-0.15, -0.1) is 0 Å². The van der Waals surface area contributed by atoms with Crippen molar-refractivity contribution in [2.45, 2.75) is 125 Å². The average Bonchev–Trinajstić information content (AvgIpc) is 2.95. The van der Waals surface area contributed by atoms with Crippen molar-refractivity contribution in [1.82, 2.24) is 16.0 Å². The third kappa shape index (κ3) is 14.0. The van der Waals surface area contributed by atoms with E-state index in [1.807, 2.05) is 0 Å². The van der Waals surface area contributed by atoms with E-state index in [9.17, 15) is 28.8 Å². The van der Waals surface area contributed by atoms with Crippen LogP contribution in [0.1, 0.15) is 116 Å². The van der Waals surface area contributed by atoms with Crippen LogP contribution in [-0.4, -0.2) is 70.4 Å². The van der Waals surface area contributed by atoms with Gasteiger partial charge in [0.2, 0.25) is 5.96 Å². The second-order valence-electron chi connectivity index (χ2n) is 16.2. The van der Waals surface area contributed by atoms with Crippen molar-refractivity contribution >= 4 is 47.6 Å².